The smallest absolute Gasteiger partial charge is 0.296 e. The zero-order chi connectivity index (χ0) is 22.7. The fraction of sp³-hybridized carbons (Fsp3) is 0.261. The van der Waals surface area contributed by atoms with Crippen molar-refractivity contribution in [3.8, 4) is 0 Å². The summed E-state index contributed by atoms with van der Waals surface area (Å²) in [5, 5.41) is 2.93. The molecule has 32 heavy (non-hydrogen) atoms. The predicted octanol–water partition coefficient (Wildman–Crippen LogP) is 3.98. The molecular weight excluding hydrogens is 428 g/mol. The molecule has 1 aromatic carbocycles. The molecule has 8 nitrogen and oxygen atoms in total. The molecule has 3 aromatic rings. The van der Waals surface area contributed by atoms with Crippen LogP contribution in [0.3, 0.4) is 0 Å². The summed E-state index contributed by atoms with van der Waals surface area (Å²) in [7, 11) is -3.79. The van der Waals surface area contributed by atoms with E-state index in [-0.39, 0.29) is 17.4 Å². The number of carbonyl (C=O) groups excluding carboxylic acids is 1. The average molecular weight is 453 g/mol. The summed E-state index contributed by atoms with van der Waals surface area (Å²) >= 11 is 0. The Kier molecular flexibility index (Phi) is 6.20. The molecule has 0 aliphatic carbocycles. The first kappa shape index (κ1) is 21.9. The molecule has 1 amide bonds. The lowest BCUT2D eigenvalue weighted by Gasteiger charge is -2.24. The number of aromatic nitrogens is 2. The van der Waals surface area contributed by atoms with Crippen LogP contribution in [-0.2, 0) is 14.3 Å². The number of pyridine rings is 2. The van der Waals surface area contributed by atoms with Gasteiger partial charge in [0.2, 0.25) is 0 Å². The lowest BCUT2D eigenvalue weighted by atomic mass is 10.2. The Hall–Kier alpha value is -3.30. The molecule has 1 aliphatic heterocycles. The molecular formula is C23H24N4O4S. The number of nitrogens with one attached hydrogen (secondary N) is 1. The molecule has 0 radical (unpaired) electrons. The second kappa shape index (κ2) is 9.05. The standard InChI is InChI=1S/C23H24N4O4S/c1-16-7-9-18(10-8-16)32(29,30)31-15-4-3-14-27-21-19(6-5-12-24-21)23(28)26-20-17(2)11-13-25-22(20)27/h5-13H,3-4,14-15H2,1-2H3,(H,26,28). The molecule has 0 spiro atoms. The number of nitrogens with zero attached hydrogens (tertiary/aromatic N) is 3. The van der Waals surface area contributed by atoms with Crippen molar-refractivity contribution in [3.05, 3.63) is 71.5 Å². The Balaban J connectivity index is 1.46. The van der Waals surface area contributed by atoms with E-state index in [0.29, 0.717) is 42.3 Å². The number of hydrogen-bond acceptors (Lipinski definition) is 7. The minimum atomic E-state index is -3.79. The van der Waals surface area contributed by atoms with Gasteiger partial charge in [-0.3, -0.25) is 8.98 Å². The van der Waals surface area contributed by atoms with E-state index in [1.165, 1.54) is 0 Å². The van der Waals surface area contributed by atoms with E-state index in [1.54, 1.807) is 48.8 Å². The van der Waals surface area contributed by atoms with Crippen LogP contribution in [0, 0.1) is 13.8 Å². The molecule has 1 N–H and O–H groups in total. The van der Waals surface area contributed by atoms with Crippen molar-refractivity contribution in [1.29, 1.82) is 0 Å². The molecule has 0 fully saturated rings. The zero-order valence-electron chi connectivity index (χ0n) is 17.9. The molecule has 2 aromatic heterocycles. The highest BCUT2D eigenvalue weighted by molar-refractivity contribution is 7.86. The molecule has 0 atom stereocenters. The minimum Gasteiger partial charge on any atom is -0.318 e. The fourth-order valence-corrected chi connectivity index (χ4v) is 4.44. The maximum Gasteiger partial charge on any atom is 0.296 e. The molecule has 3 heterocycles. The van der Waals surface area contributed by atoms with Crippen LogP contribution < -0.4 is 10.2 Å². The topological polar surface area (TPSA) is 101 Å². The van der Waals surface area contributed by atoms with Crippen LogP contribution in [0.15, 0.2) is 59.8 Å². The Morgan fingerprint density at radius 2 is 1.72 bits per heavy atom. The van der Waals surface area contributed by atoms with Crippen molar-refractivity contribution in [1.82, 2.24) is 9.97 Å². The summed E-state index contributed by atoms with van der Waals surface area (Å²) in [4.78, 5) is 23.7. The van der Waals surface area contributed by atoms with Crippen molar-refractivity contribution in [2.45, 2.75) is 31.6 Å². The molecule has 0 saturated heterocycles. The Morgan fingerprint density at radius 1 is 0.969 bits per heavy atom. The maximum atomic E-state index is 12.7. The summed E-state index contributed by atoms with van der Waals surface area (Å²) in [6.07, 6.45) is 4.45. The second-order valence-corrected chi connectivity index (χ2v) is 9.22. The van der Waals surface area contributed by atoms with Gasteiger partial charge in [0, 0.05) is 18.9 Å². The van der Waals surface area contributed by atoms with Gasteiger partial charge in [0.15, 0.2) is 5.82 Å². The normalized spacial score (nSPS) is 13.2. The van der Waals surface area contributed by atoms with Gasteiger partial charge in [0.25, 0.3) is 16.0 Å². The van der Waals surface area contributed by atoms with Crippen LogP contribution in [0.1, 0.15) is 34.3 Å². The van der Waals surface area contributed by atoms with Gasteiger partial charge in [-0.15, -0.1) is 0 Å². The number of unbranched alkanes of at least 4 members (excludes halogenated alkanes) is 1. The third-order valence-corrected chi connectivity index (χ3v) is 6.57. The van der Waals surface area contributed by atoms with Crippen molar-refractivity contribution < 1.29 is 17.4 Å². The van der Waals surface area contributed by atoms with E-state index in [4.69, 9.17) is 4.18 Å². The van der Waals surface area contributed by atoms with Gasteiger partial charge in [-0.2, -0.15) is 8.42 Å². The van der Waals surface area contributed by atoms with Crippen LogP contribution in [-0.4, -0.2) is 37.4 Å². The molecule has 166 valence electrons. The second-order valence-electron chi connectivity index (χ2n) is 7.60. The first-order chi connectivity index (χ1) is 15.4. The van der Waals surface area contributed by atoms with Gasteiger partial charge < -0.3 is 10.2 Å². The highest BCUT2D eigenvalue weighted by atomic mass is 32.2. The summed E-state index contributed by atoms with van der Waals surface area (Å²) in [5.41, 5.74) is 2.98. The molecule has 1 aliphatic rings. The Labute approximate surface area is 187 Å². The number of fused-ring (bicyclic) bond motifs is 2. The lowest BCUT2D eigenvalue weighted by Crippen LogP contribution is -2.22. The first-order valence-corrected chi connectivity index (χ1v) is 11.7. The van der Waals surface area contributed by atoms with E-state index in [0.717, 1.165) is 11.1 Å². The van der Waals surface area contributed by atoms with Crippen LogP contribution in [0.4, 0.5) is 17.3 Å². The molecule has 0 unspecified atom stereocenters. The van der Waals surface area contributed by atoms with Crippen LogP contribution in [0.5, 0.6) is 0 Å². The summed E-state index contributed by atoms with van der Waals surface area (Å²) < 4.78 is 29.9. The number of carbonyl (C=O) groups is 1. The molecule has 9 heteroatoms. The number of benzene rings is 1. The van der Waals surface area contributed by atoms with E-state index in [9.17, 15) is 13.2 Å². The maximum absolute atomic E-state index is 12.7. The highest BCUT2D eigenvalue weighted by Crippen LogP contribution is 2.36. The number of rotatable bonds is 7. The largest absolute Gasteiger partial charge is 0.318 e. The summed E-state index contributed by atoms with van der Waals surface area (Å²) in [5.74, 6) is 0.902. The van der Waals surface area contributed by atoms with Gasteiger partial charge in [-0.25, -0.2) is 9.97 Å². The number of hydrogen-bond donors (Lipinski definition) is 1. The monoisotopic (exact) mass is 452 g/mol. The van der Waals surface area contributed by atoms with Gasteiger partial charge in [0.1, 0.15) is 5.82 Å². The summed E-state index contributed by atoms with van der Waals surface area (Å²) in [6, 6.07) is 11.8. The molecule has 0 saturated carbocycles. The van der Waals surface area contributed by atoms with Crippen LogP contribution in [0.2, 0.25) is 0 Å². The minimum absolute atomic E-state index is 0.0599. The van der Waals surface area contributed by atoms with E-state index >= 15 is 0 Å². The van der Waals surface area contributed by atoms with Gasteiger partial charge >= 0.3 is 0 Å². The fourth-order valence-electron chi connectivity index (χ4n) is 3.50. The molecule has 0 bridgehead atoms. The average Bonchev–Trinajstić information content (AvgIpc) is 2.89. The molecule has 4 rings (SSSR count). The number of anilines is 3. The Bertz CT molecular complexity index is 1240. The predicted molar refractivity (Wildman–Crippen MR) is 122 cm³/mol. The zero-order valence-corrected chi connectivity index (χ0v) is 18.7. The lowest BCUT2D eigenvalue weighted by molar-refractivity contribution is 0.102. The summed E-state index contributed by atoms with van der Waals surface area (Å²) in [6.45, 7) is 4.36. The number of amides is 1. The van der Waals surface area contributed by atoms with Crippen molar-refractivity contribution >= 4 is 33.3 Å². The highest BCUT2D eigenvalue weighted by Gasteiger charge is 2.27. The SMILES string of the molecule is Cc1ccc(S(=O)(=O)OCCCCN2c3ncccc3C(=O)Nc3c(C)ccnc32)cc1. The van der Waals surface area contributed by atoms with Gasteiger partial charge in [0.05, 0.1) is 22.8 Å². The van der Waals surface area contributed by atoms with E-state index < -0.39 is 10.1 Å². The van der Waals surface area contributed by atoms with Crippen molar-refractivity contribution in [2.75, 3.05) is 23.4 Å². The quantitative estimate of drug-likeness (QED) is 0.427. The third kappa shape index (κ3) is 4.49. The van der Waals surface area contributed by atoms with E-state index in [2.05, 4.69) is 15.3 Å². The third-order valence-electron chi connectivity index (χ3n) is 5.24. The van der Waals surface area contributed by atoms with Crippen LogP contribution >= 0.6 is 0 Å². The Morgan fingerprint density at radius 3 is 2.50 bits per heavy atom. The number of aryl methyl sites for hydroxylation is 2. The van der Waals surface area contributed by atoms with Gasteiger partial charge in [-0.1, -0.05) is 17.7 Å². The van der Waals surface area contributed by atoms with E-state index in [1.807, 2.05) is 24.8 Å². The first-order valence-electron chi connectivity index (χ1n) is 10.3. The van der Waals surface area contributed by atoms with Crippen LogP contribution in [0.25, 0.3) is 0 Å². The van der Waals surface area contributed by atoms with Crippen molar-refractivity contribution in [2.24, 2.45) is 0 Å². The van der Waals surface area contributed by atoms with Crippen molar-refractivity contribution in [3.63, 3.8) is 0 Å². The van der Waals surface area contributed by atoms with Gasteiger partial charge in [-0.05, 0) is 62.6 Å².